The predicted molar refractivity (Wildman–Crippen MR) is 96.5 cm³/mol. The van der Waals surface area contributed by atoms with Gasteiger partial charge in [-0.15, -0.1) is 0 Å². The lowest BCUT2D eigenvalue weighted by atomic mass is 10.1. The number of nitrogens with zero attached hydrogens (tertiary/aromatic N) is 2. The molecule has 126 valence electrons. The highest BCUT2D eigenvalue weighted by Crippen LogP contribution is 2.30. The van der Waals surface area contributed by atoms with Crippen LogP contribution in [0, 0.1) is 0 Å². The first-order chi connectivity index (χ1) is 12.1. The van der Waals surface area contributed by atoms with Gasteiger partial charge < -0.3 is 20.2 Å². The highest BCUT2D eigenvalue weighted by molar-refractivity contribution is 5.95. The number of fused-ring (bicyclic) bond motifs is 1. The van der Waals surface area contributed by atoms with E-state index in [1.165, 1.54) is 6.08 Å². The molecule has 4 rings (SSSR count). The van der Waals surface area contributed by atoms with Gasteiger partial charge in [0.15, 0.2) is 0 Å². The molecule has 7 nitrogen and oxygen atoms in total. The van der Waals surface area contributed by atoms with Gasteiger partial charge in [0.25, 0.3) is 0 Å². The van der Waals surface area contributed by atoms with E-state index in [0.29, 0.717) is 0 Å². The van der Waals surface area contributed by atoms with Crippen molar-refractivity contribution >= 4 is 22.6 Å². The number of amides is 1. The fourth-order valence-corrected chi connectivity index (χ4v) is 3.06. The number of anilines is 1. The normalized spacial score (nSPS) is 14.3. The van der Waals surface area contributed by atoms with Crippen molar-refractivity contribution in [3.8, 4) is 11.1 Å². The molecule has 0 unspecified atom stereocenters. The highest BCUT2D eigenvalue weighted by Gasteiger charge is 2.28. The molecule has 25 heavy (non-hydrogen) atoms. The largest absolute Gasteiger partial charge is 0.366 e. The summed E-state index contributed by atoms with van der Waals surface area (Å²) in [4.78, 5) is 35.3. The molecule has 1 fully saturated rings. The number of aromatic amines is 2. The van der Waals surface area contributed by atoms with E-state index in [1.54, 1.807) is 12.3 Å². The van der Waals surface area contributed by atoms with Crippen LogP contribution < -0.4 is 15.8 Å². The first-order valence-corrected chi connectivity index (χ1v) is 7.98. The number of carbonyl (C=O) groups is 1. The lowest BCUT2D eigenvalue weighted by Crippen LogP contribution is -2.59. The molecule has 0 atom stereocenters. The molecule has 0 radical (unpaired) electrons. The fraction of sp³-hybridized carbons (Fsp3) is 0.167. The Bertz CT molecular complexity index is 1010. The molecular formula is C18H17N5O2. The van der Waals surface area contributed by atoms with Crippen LogP contribution in [0.15, 0.2) is 54.2 Å². The molecule has 3 N–H and O–H groups in total. The minimum Gasteiger partial charge on any atom is -0.366 e. The number of aromatic nitrogens is 3. The van der Waals surface area contributed by atoms with Crippen molar-refractivity contribution in [2.24, 2.45) is 0 Å². The van der Waals surface area contributed by atoms with Gasteiger partial charge in [-0.2, -0.15) is 0 Å². The third kappa shape index (κ3) is 2.80. The Hall–Kier alpha value is -3.35. The van der Waals surface area contributed by atoms with Crippen molar-refractivity contribution in [1.29, 1.82) is 0 Å². The third-order valence-electron chi connectivity index (χ3n) is 4.38. The van der Waals surface area contributed by atoms with Crippen molar-refractivity contribution in [2.45, 2.75) is 6.04 Å². The number of nitrogens with one attached hydrogen (secondary N) is 3. The summed E-state index contributed by atoms with van der Waals surface area (Å²) in [6, 6.07) is 5.61. The first-order valence-electron chi connectivity index (χ1n) is 7.98. The van der Waals surface area contributed by atoms with Gasteiger partial charge in [-0.05, 0) is 23.8 Å². The van der Waals surface area contributed by atoms with Gasteiger partial charge in [-0.3, -0.25) is 9.59 Å². The summed E-state index contributed by atoms with van der Waals surface area (Å²) >= 11 is 0. The fourth-order valence-electron chi connectivity index (χ4n) is 3.06. The minimum absolute atomic E-state index is 0.125. The van der Waals surface area contributed by atoms with Crippen molar-refractivity contribution in [3.63, 3.8) is 0 Å². The number of pyridine rings is 2. The van der Waals surface area contributed by atoms with Crippen LogP contribution in [-0.4, -0.2) is 40.0 Å². The summed E-state index contributed by atoms with van der Waals surface area (Å²) in [6.45, 7) is 4.93. The van der Waals surface area contributed by atoms with Gasteiger partial charge in [-0.1, -0.05) is 6.58 Å². The number of H-pyrrole nitrogens is 2. The Balaban J connectivity index is 1.61. The Morgan fingerprint density at radius 2 is 2.20 bits per heavy atom. The van der Waals surface area contributed by atoms with Gasteiger partial charge in [-0.25, -0.2) is 4.98 Å². The van der Waals surface area contributed by atoms with E-state index in [9.17, 15) is 9.59 Å². The maximum atomic E-state index is 11.6. The summed E-state index contributed by atoms with van der Waals surface area (Å²) < 4.78 is 0. The maximum Gasteiger partial charge on any atom is 0.248 e. The zero-order valence-electron chi connectivity index (χ0n) is 13.5. The lowest BCUT2D eigenvalue weighted by Gasteiger charge is -2.40. The number of hydrogen-bond donors (Lipinski definition) is 3. The summed E-state index contributed by atoms with van der Waals surface area (Å²) in [5.74, 6) is -0.152. The van der Waals surface area contributed by atoms with Crippen molar-refractivity contribution < 1.29 is 4.79 Å². The zero-order valence-corrected chi connectivity index (χ0v) is 13.5. The average molecular weight is 335 g/mol. The smallest absolute Gasteiger partial charge is 0.248 e. The van der Waals surface area contributed by atoms with E-state index in [2.05, 4.69) is 37.8 Å². The topological polar surface area (TPSA) is 93.9 Å². The number of rotatable bonds is 4. The van der Waals surface area contributed by atoms with Gasteiger partial charge >= 0.3 is 0 Å². The van der Waals surface area contributed by atoms with Crippen LogP contribution in [0.3, 0.4) is 0 Å². The van der Waals surface area contributed by atoms with Crippen LogP contribution in [0.2, 0.25) is 0 Å². The standard InChI is InChI=1S/C18H17N5O2/c1-2-16(24)22-12-9-23(10-12)13-6-14-15(8-21-18(14)20-7-13)11-3-4-19-17(25)5-11/h2-8,12H,1,9-10H2,(H,19,25)(H,20,21)(H,22,24). The molecule has 3 aromatic rings. The molecular weight excluding hydrogens is 318 g/mol. The van der Waals surface area contributed by atoms with Gasteiger partial charge in [0.2, 0.25) is 11.5 Å². The van der Waals surface area contributed by atoms with E-state index in [0.717, 1.165) is 40.9 Å². The van der Waals surface area contributed by atoms with Crippen LogP contribution in [-0.2, 0) is 4.79 Å². The quantitative estimate of drug-likeness (QED) is 0.628. The second kappa shape index (κ2) is 5.94. The predicted octanol–water partition coefficient (Wildman–Crippen LogP) is 1.41. The summed E-state index contributed by atoms with van der Waals surface area (Å²) in [7, 11) is 0. The molecule has 0 saturated carbocycles. The third-order valence-corrected chi connectivity index (χ3v) is 4.38. The van der Waals surface area contributed by atoms with E-state index < -0.39 is 0 Å². The molecule has 0 spiro atoms. The second-order valence-electron chi connectivity index (χ2n) is 6.05. The van der Waals surface area contributed by atoms with Crippen LogP contribution in [0.1, 0.15) is 0 Å². The lowest BCUT2D eigenvalue weighted by molar-refractivity contribution is -0.117. The zero-order chi connectivity index (χ0) is 17.4. The molecule has 1 amide bonds. The monoisotopic (exact) mass is 335 g/mol. The van der Waals surface area contributed by atoms with Crippen LogP contribution in [0.25, 0.3) is 22.2 Å². The van der Waals surface area contributed by atoms with Crippen LogP contribution >= 0.6 is 0 Å². The van der Waals surface area contributed by atoms with Crippen molar-refractivity contribution in [3.05, 3.63) is 59.8 Å². The molecule has 1 aliphatic heterocycles. The molecule has 4 heterocycles. The summed E-state index contributed by atoms with van der Waals surface area (Å²) in [5.41, 5.74) is 3.40. The maximum absolute atomic E-state index is 11.6. The Morgan fingerprint density at radius 3 is 2.96 bits per heavy atom. The van der Waals surface area contributed by atoms with Gasteiger partial charge in [0, 0.05) is 42.5 Å². The molecule has 1 saturated heterocycles. The van der Waals surface area contributed by atoms with Crippen molar-refractivity contribution in [2.75, 3.05) is 18.0 Å². The SMILES string of the molecule is C=CC(=O)NC1CN(c2cnc3[nH]cc(-c4cc[nH]c(=O)c4)c3c2)C1. The Kier molecular flexibility index (Phi) is 3.61. The molecule has 0 aromatic carbocycles. The average Bonchev–Trinajstić information content (AvgIpc) is 3.00. The van der Waals surface area contributed by atoms with E-state index in [1.807, 2.05) is 18.5 Å². The molecule has 7 heteroatoms. The summed E-state index contributed by atoms with van der Waals surface area (Å²) in [6.07, 6.45) is 6.59. The van der Waals surface area contributed by atoms with E-state index in [4.69, 9.17) is 0 Å². The van der Waals surface area contributed by atoms with E-state index >= 15 is 0 Å². The second-order valence-corrected chi connectivity index (χ2v) is 6.05. The van der Waals surface area contributed by atoms with Gasteiger partial charge in [0.05, 0.1) is 17.9 Å². The highest BCUT2D eigenvalue weighted by atomic mass is 16.1. The first kappa shape index (κ1) is 15.2. The number of hydrogen-bond acceptors (Lipinski definition) is 4. The summed E-state index contributed by atoms with van der Waals surface area (Å²) in [5, 5.41) is 3.84. The molecule has 1 aliphatic rings. The molecule has 0 aliphatic carbocycles. The van der Waals surface area contributed by atoms with E-state index in [-0.39, 0.29) is 17.5 Å². The number of carbonyl (C=O) groups excluding carboxylic acids is 1. The minimum atomic E-state index is -0.152. The Labute approximate surface area is 143 Å². The van der Waals surface area contributed by atoms with Crippen molar-refractivity contribution in [1.82, 2.24) is 20.3 Å². The Morgan fingerprint density at radius 1 is 1.36 bits per heavy atom. The van der Waals surface area contributed by atoms with Crippen LogP contribution in [0.5, 0.6) is 0 Å². The molecule has 0 bridgehead atoms. The molecule has 3 aromatic heterocycles. The van der Waals surface area contributed by atoms with Crippen LogP contribution in [0.4, 0.5) is 5.69 Å². The van der Waals surface area contributed by atoms with Gasteiger partial charge in [0.1, 0.15) is 5.65 Å².